The van der Waals surface area contributed by atoms with Crippen LogP contribution in [0, 0.1) is 0 Å². The molecule has 1 aliphatic heterocycles. The van der Waals surface area contributed by atoms with Gasteiger partial charge in [-0.05, 0) is 6.42 Å². The predicted molar refractivity (Wildman–Crippen MR) is 23.7 cm³/mol. The highest BCUT2D eigenvalue weighted by Crippen LogP contribution is 2.01. The van der Waals surface area contributed by atoms with Gasteiger partial charge in [-0.15, -0.1) is 0 Å². The smallest absolute Gasteiger partial charge is 0.226 e. The van der Waals surface area contributed by atoms with Crippen LogP contribution in [0.15, 0.2) is 5.16 Å². The maximum absolute atomic E-state index is 11.8. The van der Waals surface area contributed by atoms with Gasteiger partial charge in [0, 0.05) is 6.42 Å². The van der Waals surface area contributed by atoms with Crippen molar-refractivity contribution in [3.63, 3.8) is 0 Å². The van der Waals surface area contributed by atoms with E-state index in [1.807, 2.05) is 0 Å². The number of rotatable bonds is 0. The van der Waals surface area contributed by atoms with E-state index in [2.05, 4.69) is 9.99 Å². The Kier molecular flexibility index (Phi) is 1.24. The molecular formula is C4H6FNO. The van der Waals surface area contributed by atoms with Crippen LogP contribution < -0.4 is 0 Å². The van der Waals surface area contributed by atoms with Gasteiger partial charge in [0.25, 0.3) is 0 Å². The average molecular weight is 103 g/mol. The summed E-state index contributed by atoms with van der Waals surface area (Å²) in [6, 6.07) is 0. The van der Waals surface area contributed by atoms with Crippen LogP contribution in [-0.4, -0.2) is 12.6 Å². The molecule has 0 amide bonds. The summed E-state index contributed by atoms with van der Waals surface area (Å²) in [7, 11) is 0. The highest BCUT2D eigenvalue weighted by molar-refractivity contribution is 5.74. The van der Waals surface area contributed by atoms with E-state index in [-0.39, 0.29) is 5.97 Å². The van der Waals surface area contributed by atoms with Crippen LogP contribution >= 0.6 is 0 Å². The minimum atomic E-state index is -0.383. The zero-order valence-corrected chi connectivity index (χ0v) is 3.85. The minimum Gasteiger partial charge on any atom is -0.394 e. The average Bonchev–Trinajstić information content (AvgIpc) is 1.69. The van der Waals surface area contributed by atoms with Gasteiger partial charge in [-0.1, -0.05) is 5.16 Å². The van der Waals surface area contributed by atoms with Crippen LogP contribution in [0.2, 0.25) is 0 Å². The SMILES string of the molecule is FC1=NOCCC1. The van der Waals surface area contributed by atoms with Crippen LogP contribution in [0.3, 0.4) is 0 Å². The summed E-state index contributed by atoms with van der Waals surface area (Å²) in [6.07, 6.45) is 1.20. The van der Waals surface area contributed by atoms with Gasteiger partial charge < -0.3 is 4.84 Å². The van der Waals surface area contributed by atoms with E-state index in [1.54, 1.807) is 0 Å². The molecule has 0 unspecified atom stereocenters. The third-order valence-corrected chi connectivity index (χ3v) is 0.782. The lowest BCUT2D eigenvalue weighted by Crippen LogP contribution is -2.01. The molecule has 3 heteroatoms. The molecule has 1 rings (SSSR count). The molecule has 0 atom stereocenters. The number of hydrogen-bond donors (Lipinski definition) is 0. The van der Waals surface area contributed by atoms with Crippen LogP contribution in [-0.2, 0) is 4.84 Å². The van der Waals surface area contributed by atoms with Crippen molar-refractivity contribution >= 4 is 5.97 Å². The Bertz CT molecular complexity index is 91.7. The second-order valence-corrected chi connectivity index (χ2v) is 1.40. The summed E-state index contributed by atoms with van der Waals surface area (Å²) in [5.41, 5.74) is 0. The van der Waals surface area contributed by atoms with Gasteiger partial charge in [0.1, 0.15) is 6.61 Å². The number of halogens is 1. The number of nitrogens with zero attached hydrogens (tertiary/aromatic N) is 1. The number of oxime groups is 1. The highest BCUT2D eigenvalue weighted by atomic mass is 19.1. The lowest BCUT2D eigenvalue weighted by Gasteiger charge is -2.02. The zero-order chi connectivity index (χ0) is 5.11. The summed E-state index contributed by atoms with van der Waals surface area (Å²) in [5, 5.41) is 3.08. The molecule has 1 aliphatic rings. The fourth-order valence-corrected chi connectivity index (χ4v) is 0.444. The van der Waals surface area contributed by atoms with E-state index >= 15 is 0 Å². The summed E-state index contributed by atoms with van der Waals surface area (Å²) in [6.45, 7) is 0.563. The molecule has 0 saturated heterocycles. The van der Waals surface area contributed by atoms with Crippen molar-refractivity contribution in [2.75, 3.05) is 6.61 Å². The Balaban J connectivity index is 2.40. The van der Waals surface area contributed by atoms with Crippen molar-refractivity contribution in [1.82, 2.24) is 0 Å². The van der Waals surface area contributed by atoms with Gasteiger partial charge >= 0.3 is 0 Å². The zero-order valence-electron chi connectivity index (χ0n) is 3.85. The van der Waals surface area contributed by atoms with Crippen molar-refractivity contribution in [3.8, 4) is 0 Å². The van der Waals surface area contributed by atoms with Crippen molar-refractivity contribution < 1.29 is 9.23 Å². The second-order valence-electron chi connectivity index (χ2n) is 1.40. The van der Waals surface area contributed by atoms with Crippen LogP contribution in [0.4, 0.5) is 4.39 Å². The Morgan fingerprint density at radius 2 is 2.57 bits per heavy atom. The Labute approximate surface area is 41.0 Å². The quantitative estimate of drug-likeness (QED) is 0.449. The molecule has 0 aromatic rings. The van der Waals surface area contributed by atoms with Crippen LogP contribution in [0.25, 0.3) is 0 Å². The van der Waals surface area contributed by atoms with Crippen LogP contribution in [0.1, 0.15) is 12.8 Å². The first-order chi connectivity index (χ1) is 3.39. The Hall–Kier alpha value is -0.600. The first-order valence-electron chi connectivity index (χ1n) is 2.24. The molecule has 0 aromatic heterocycles. The highest BCUT2D eigenvalue weighted by Gasteiger charge is 2.02. The maximum atomic E-state index is 11.8. The molecule has 0 bridgehead atoms. The van der Waals surface area contributed by atoms with Gasteiger partial charge in [0.2, 0.25) is 5.97 Å². The molecule has 1 heterocycles. The largest absolute Gasteiger partial charge is 0.394 e. The van der Waals surface area contributed by atoms with Gasteiger partial charge in [-0.2, -0.15) is 4.39 Å². The topological polar surface area (TPSA) is 21.6 Å². The first-order valence-corrected chi connectivity index (χ1v) is 2.24. The fourth-order valence-electron chi connectivity index (χ4n) is 0.444. The molecule has 0 spiro atoms. The molecule has 0 fully saturated rings. The standard InChI is InChI=1S/C4H6FNO/c5-4-2-1-3-7-6-4/h1-3H2. The van der Waals surface area contributed by atoms with Gasteiger partial charge in [-0.3, -0.25) is 0 Å². The van der Waals surface area contributed by atoms with E-state index < -0.39 is 0 Å². The van der Waals surface area contributed by atoms with Gasteiger partial charge in [0.15, 0.2) is 0 Å². The van der Waals surface area contributed by atoms with Gasteiger partial charge in [0.05, 0.1) is 0 Å². The van der Waals surface area contributed by atoms with Crippen molar-refractivity contribution in [3.05, 3.63) is 0 Å². The molecular weight excluding hydrogens is 97.0 g/mol. The molecule has 0 aromatic carbocycles. The maximum Gasteiger partial charge on any atom is 0.226 e. The normalized spacial score (nSPS) is 20.4. The third kappa shape index (κ3) is 1.14. The monoisotopic (exact) mass is 103 g/mol. The summed E-state index contributed by atoms with van der Waals surface area (Å²) >= 11 is 0. The predicted octanol–water partition coefficient (Wildman–Crippen LogP) is 1.08. The molecule has 0 N–H and O–H groups in total. The lowest BCUT2D eigenvalue weighted by molar-refractivity contribution is 0.125. The molecule has 7 heavy (non-hydrogen) atoms. The third-order valence-electron chi connectivity index (χ3n) is 0.782. The molecule has 0 saturated carbocycles. The van der Waals surface area contributed by atoms with Gasteiger partial charge in [-0.25, -0.2) is 0 Å². The molecule has 0 radical (unpaired) electrons. The molecule has 0 aliphatic carbocycles. The Morgan fingerprint density at radius 1 is 1.71 bits per heavy atom. The number of hydrogen-bond acceptors (Lipinski definition) is 2. The van der Waals surface area contributed by atoms with Crippen molar-refractivity contribution in [2.45, 2.75) is 12.8 Å². The lowest BCUT2D eigenvalue weighted by atomic mass is 10.3. The van der Waals surface area contributed by atoms with E-state index in [1.165, 1.54) is 0 Å². The van der Waals surface area contributed by atoms with Crippen LogP contribution in [0.5, 0.6) is 0 Å². The van der Waals surface area contributed by atoms with E-state index in [0.717, 1.165) is 6.42 Å². The van der Waals surface area contributed by atoms with E-state index in [9.17, 15) is 4.39 Å². The molecule has 40 valence electrons. The van der Waals surface area contributed by atoms with Crippen molar-refractivity contribution in [2.24, 2.45) is 5.16 Å². The summed E-state index contributed by atoms with van der Waals surface area (Å²) in [5.74, 6) is -0.383. The first kappa shape index (κ1) is 4.56. The van der Waals surface area contributed by atoms with E-state index in [4.69, 9.17) is 0 Å². The van der Waals surface area contributed by atoms with Crippen molar-refractivity contribution in [1.29, 1.82) is 0 Å². The molecule has 2 nitrogen and oxygen atoms in total. The Morgan fingerprint density at radius 3 is 2.86 bits per heavy atom. The van der Waals surface area contributed by atoms with E-state index in [0.29, 0.717) is 13.0 Å². The fraction of sp³-hybridized carbons (Fsp3) is 0.750. The summed E-state index contributed by atoms with van der Waals surface area (Å²) < 4.78 is 11.8. The second kappa shape index (κ2) is 1.91. The summed E-state index contributed by atoms with van der Waals surface area (Å²) in [4.78, 5) is 4.39. The minimum absolute atomic E-state index is 0.383.